The van der Waals surface area contributed by atoms with Crippen LogP contribution in [0.1, 0.15) is 0 Å². The molecule has 0 radical (unpaired) electrons. The fourth-order valence-electron chi connectivity index (χ4n) is 0.816. The van der Waals surface area contributed by atoms with Crippen molar-refractivity contribution >= 4 is 37.0 Å². The number of aromatic nitrogens is 3. The van der Waals surface area contributed by atoms with Crippen molar-refractivity contribution < 1.29 is 14.2 Å². The highest BCUT2D eigenvalue weighted by molar-refractivity contribution is 5.56. The molecule has 0 aliphatic heterocycles. The Hall–Kier alpha value is -2.58. The Labute approximate surface area is 103 Å². The molecule has 0 spiro atoms. The number of methoxy groups -OCH3 is 3. The first kappa shape index (κ1) is 13.5. The van der Waals surface area contributed by atoms with E-state index in [0.717, 1.165) is 0 Å². The topological polar surface area (TPSA) is 103 Å². The molecule has 0 N–H and O–H groups in total. The van der Waals surface area contributed by atoms with E-state index in [-0.39, 0.29) is 17.8 Å². The lowest BCUT2D eigenvalue weighted by Gasteiger charge is -1.97. The van der Waals surface area contributed by atoms with Gasteiger partial charge in [0.05, 0.1) is 21.3 Å². The predicted molar refractivity (Wildman–Crippen MR) is 65.3 cm³/mol. The summed E-state index contributed by atoms with van der Waals surface area (Å²) in [5.41, 5.74) is 0. The number of nitrogens with zero attached hydrogens (tertiary/aromatic N) is 6. The van der Waals surface area contributed by atoms with Crippen molar-refractivity contribution in [2.24, 2.45) is 15.0 Å². The van der Waals surface area contributed by atoms with Crippen LogP contribution in [0.25, 0.3) is 0 Å². The van der Waals surface area contributed by atoms with Crippen molar-refractivity contribution in [3.05, 3.63) is 0 Å². The number of ether oxygens (including phenoxy) is 3. The number of hydrogen-bond acceptors (Lipinski definition) is 9. The zero-order valence-electron chi connectivity index (χ0n) is 10.1. The second-order valence-electron chi connectivity index (χ2n) is 2.65. The molecule has 1 rings (SSSR count). The van der Waals surface area contributed by atoms with E-state index in [0.29, 0.717) is 0 Å². The average Bonchev–Trinajstić information content (AvgIpc) is 2.40. The quantitative estimate of drug-likeness (QED) is 0.547. The molecule has 0 unspecified atom stereocenters. The Kier molecular flexibility index (Phi) is 5.73. The van der Waals surface area contributed by atoms with Crippen LogP contribution in [-0.4, -0.2) is 55.5 Å². The Morgan fingerprint density at radius 1 is 0.667 bits per heavy atom. The van der Waals surface area contributed by atoms with Gasteiger partial charge in [-0.1, -0.05) is 0 Å². The van der Waals surface area contributed by atoms with E-state index in [4.69, 9.17) is 0 Å². The van der Waals surface area contributed by atoms with Crippen molar-refractivity contribution in [1.29, 1.82) is 0 Å². The van der Waals surface area contributed by atoms with Crippen LogP contribution in [-0.2, 0) is 14.2 Å². The third-order valence-electron chi connectivity index (χ3n) is 1.42. The van der Waals surface area contributed by atoms with Crippen molar-refractivity contribution in [3.8, 4) is 0 Å². The summed E-state index contributed by atoms with van der Waals surface area (Å²) in [5, 5.41) is 0. The van der Waals surface area contributed by atoms with Gasteiger partial charge in [-0.3, -0.25) is 0 Å². The summed E-state index contributed by atoms with van der Waals surface area (Å²) in [5.74, 6) is 0.329. The lowest BCUT2D eigenvalue weighted by Crippen LogP contribution is -1.90. The van der Waals surface area contributed by atoms with Crippen LogP contribution in [0, 0.1) is 0 Å². The minimum atomic E-state index is 0.110. The lowest BCUT2D eigenvalue weighted by molar-refractivity contribution is 0.422. The fourth-order valence-corrected chi connectivity index (χ4v) is 0.816. The van der Waals surface area contributed by atoms with Crippen LogP contribution in [0.5, 0.6) is 0 Å². The lowest BCUT2D eigenvalue weighted by atomic mass is 10.8. The molecule has 9 heteroatoms. The first-order chi connectivity index (χ1) is 8.80. The minimum Gasteiger partial charge on any atom is -0.486 e. The molecule has 1 aromatic rings. The first-order valence-electron chi connectivity index (χ1n) is 4.72. The summed E-state index contributed by atoms with van der Waals surface area (Å²) in [4.78, 5) is 23.2. The van der Waals surface area contributed by atoms with Gasteiger partial charge >= 0.3 is 0 Å². The van der Waals surface area contributed by atoms with Gasteiger partial charge in [-0.15, -0.1) is 0 Å². The fraction of sp³-hybridized carbons (Fsp3) is 0.333. The highest BCUT2D eigenvalue weighted by Gasteiger charge is 2.03. The molecule has 0 aromatic carbocycles. The van der Waals surface area contributed by atoms with Gasteiger partial charge in [-0.05, 0) is 0 Å². The van der Waals surface area contributed by atoms with E-state index >= 15 is 0 Å². The molecule has 0 fully saturated rings. The molecule has 0 amide bonds. The molecule has 0 atom stereocenters. The summed E-state index contributed by atoms with van der Waals surface area (Å²) in [7, 11) is 4.37. The first-order valence-corrected chi connectivity index (χ1v) is 4.72. The largest absolute Gasteiger partial charge is 0.486 e. The minimum absolute atomic E-state index is 0.110. The van der Waals surface area contributed by atoms with E-state index in [1.54, 1.807) is 0 Å². The molecule has 0 aliphatic carbocycles. The van der Waals surface area contributed by atoms with Crippen LogP contribution in [0.15, 0.2) is 15.0 Å². The third kappa shape index (κ3) is 4.51. The standard InChI is InChI=1S/C9H12N6O3/c1-16-4-10-7-13-8(11-5-17-2)15-9(14-7)12-6-18-3/h4-6H,1-3H3. The van der Waals surface area contributed by atoms with Gasteiger partial charge < -0.3 is 14.2 Å². The highest BCUT2D eigenvalue weighted by Crippen LogP contribution is 2.15. The van der Waals surface area contributed by atoms with Crippen molar-refractivity contribution in [2.75, 3.05) is 21.3 Å². The number of rotatable bonds is 6. The molecule has 1 heterocycles. The summed E-state index contributed by atoms with van der Waals surface area (Å²) < 4.78 is 14.0. The molecule has 9 nitrogen and oxygen atoms in total. The molecule has 96 valence electrons. The zero-order valence-corrected chi connectivity index (χ0v) is 10.1. The Balaban J connectivity index is 3.06. The number of aliphatic imine (C=N–C) groups is 3. The molecule has 18 heavy (non-hydrogen) atoms. The van der Waals surface area contributed by atoms with Gasteiger partial charge in [-0.2, -0.15) is 29.9 Å². The maximum atomic E-state index is 4.67. The van der Waals surface area contributed by atoms with Crippen molar-refractivity contribution in [2.45, 2.75) is 0 Å². The van der Waals surface area contributed by atoms with Crippen molar-refractivity contribution in [3.63, 3.8) is 0 Å². The van der Waals surface area contributed by atoms with Gasteiger partial charge in [-0.25, -0.2) is 0 Å². The Morgan fingerprint density at radius 3 is 1.17 bits per heavy atom. The van der Waals surface area contributed by atoms with E-state index < -0.39 is 0 Å². The monoisotopic (exact) mass is 252 g/mol. The molecule has 0 bridgehead atoms. The highest BCUT2D eigenvalue weighted by atomic mass is 16.5. The Morgan fingerprint density at radius 2 is 0.944 bits per heavy atom. The SMILES string of the molecule is COC=Nc1nc(N=COC)nc(N=COC)n1. The van der Waals surface area contributed by atoms with Gasteiger partial charge in [0.15, 0.2) is 19.2 Å². The smallest absolute Gasteiger partial charge is 0.258 e. The molecule has 1 aromatic heterocycles. The second kappa shape index (κ2) is 7.65. The summed E-state index contributed by atoms with van der Waals surface area (Å²) >= 11 is 0. The van der Waals surface area contributed by atoms with Crippen LogP contribution >= 0.6 is 0 Å². The summed E-state index contributed by atoms with van der Waals surface area (Å²) in [6.45, 7) is 0. The van der Waals surface area contributed by atoms with Gasteiger partial charge in [0.2, 0.25) is 0 Å². The van der Waals surface area contributed by atoms with Crippen molar-refractivity contribution in [1.82, 2.24) is 15.0 Å². The van der Waals surface area contributed by atoms with Crippen LogP contribution < -0.4 is 0 Å². The van der Waals surface area contributed by atoms with Gasteiger partial charge in [0, 0.05) is 0 Å². The predicted octanol–water partition coefficient (Wildman–Crippen LogP) is 0.790. The zero-order chi connectivity index (χ0) is 13.2. The second-order valence-corrected chi connectivity index (χ2v) is 2.65. The number of hydrogen-bond donors (Lipinski definition) is 0. The average molecular weight is 252 g/mol. The summed E-state index contributed by atoms with van der Waals surface area (Å²) in [6, 6.07) is 0. The summed E-state index contributed by atoms with van der Waals surface area (Å²) in [6.07, 6.45) is 3.55. The molecular weight excluding hydrogens is 240 g/mol. The van der Waals surface area contributed by atoms with Crippen LogP contribution in [0.4, 0.5) is 17.8 Å². The van der Waals surface area contributed by atoms with Gasteiger partial charge in [0.1, 0.15) is 0 Å². The molecule has 0 aliphatic rings. The van der Waals surface area contributed by atoms with Crippen LogP contribution in [0.2, 0.25) is 0 Å². The third-order valence-corrected chi connectivity index (χ3v) is 1.42. The van der Waals surface area contributed by atoms with Gasteiger partial charge in [0.25, 0.3) is 17.8 Å². The van der Waals surface area contributed by atoms with E-state index in [1.807, 2.05) is 0 Å². The van der Waals surface area contributed by atoms with E-state index in [2.05, 4.69) is 44.1 Å². The molecule has 0 saturated heterocycles. The molecular formula is C9H12N6O3. The molecule has 0 saturated carbocycles. The van der Waals surface area contributed by atoms with Crippen LogP contribution in [0.3, 0.4) is 0 Å². The Bertz CT molecular complexity index is 381. The maximum absolute atomic E-state index is 4.67. The van der Waals surface area contributed by atoms with E-state index in [1.165, 1.54) is 40.5 Å². The maximum Gasteiger partial charge on any atom is 0.258 e. The van der Waals surface area contributed by atoms with E-state index in [9.17, 15) is 0 Å². The normalized spacial score (nSPS) is 11.5.